The Kier molecular flexibility index (Phi) is 4.84. The average molecular weight is 375 g/mol. The van der Waals surface area contributed by atoms with Crippen molar-refractivity contribution in [3.05, 3.63) is 75.4 Å². The van der Waals surface area contributed by atoms with Crippen LogP contribution in [0.3, 0.4) is 0 Å². The Morgan fingerprint density at radius 2 is 1.68 bits per heavy atom. The van der Waals surface area contributed by atoms with Gasteiger partial charge >= 0.3 is 0 Å². The van der Waals surface area contributed by atoms with Crippen LogP contribution in [0.15, 0.2) is 54.2 Å². The molecule has 1 heterocycles. The van der Waals surface area contributed by atoms with Gasteiger partial charge in [-0.15, -0.1) is 0 Å². The first-order chi connectivity index (χ1) is 11.9. The van der Waals surface area contributed by atoms with Crippen molar-refractivity contribution in [2.45, 2.75) is 6.54 Å². The second-order valence-corrected chi connectivity index (χ2v) is 6.70. The summed E-state index contributed by atoms with van der Waals surface area (Å²) in [6.45, 7) is 0.498. The van der Waals surface area contributed by atoms with Crippen molar-refractivity contribution >= 4 is 40.6 Å². The number of rotatable bonds is 4. The second-order valence-electron chi connectivity index (χ2n) is 5.86. The Hall–Kier alpha value is -2.30. The fourth-order valence-corrected chi connectivity index (χ4v) is 3.36. The highest BCUT2D eigenvalue weighted by molar-refractivity contribution is 6.41. The third-order valence-electron chi connectivity index (χ3n) is 4.11. The van der Waals surface area contributed by atoms with Gasteiger partial charge in [0.25, 0.3) is 11.8 Å². The fourth-order valence-electron chi connectivity index (χ4n) is 2.85. The van der Waals surface area contributed by atoms with Gasteiger partial charge in [0, 0.05) is 31.2 Å². The summed E-state index contributed by atoms with van der Waals surface area (Å²) in [6.07, 6.45) is 0. The first-order valence-electron chi connectivity index (χ1n) is 7.67. The number of carbonyl (C=O) groups excluding carboxylic acids is 2. The van der Waals surface area contributed by atoms with Gasteiger partial charge in [-0.05, 0) is 17.7 Å². The fraction of sp³-hybridized carbons (Fsp3) is 0.158. The molecule has 0 aromatic heterocycles. The van der Waals surface area contributed by atoms with Gasteiger partial charge in [0.2, 0.25) is 0 Å². The molecule has 2 amide bonds. The van der Waals surface area contributed by atoms with E-state index in [1.807, 2.05) is 30.3 Å². The van der Waals surface area contributed by atoms with Crippen molar-refractivity contribution in [2.24, 2.45) is 0 Å². The lowest BCUT2D eigenvalue weighted by Crippen LogP contribution is -2.30. The Balaban J connectivity index is 2.08. The lowest BCUT2D eigenvalue weighted by molar-refractivity contribution is -0.135. The van der Waals surface area contributed by atoms with E-state index in [1.54, 1.807) is 30.1 Å². The van der Waals surface area contributed by atoms with Gasteiger partial charge in [-0.3, -0.25) is 14.5 Å². The standard InChI is InChI=1S/C19H16Cl2N2O2/c1-22(11-12-6-4-3-5-7-12)17-16(18(24)23(2)19(17)25)14-9-8-13(20)10-15(14)21/h3-10H,11H2,1-2H3. The summed E-state index contributed by atoms with van der Waals surface area (Å²) >= 11 is 12.2. The van der Waals surface area contributed by atoms with Crippen LogP contribution in [0.2, 0.25) is 10.0 Å². The van der Waals surface area contributed by atoms with E-state index in [0.29, 0.717) is 33.4 Å². The molecule has 0 saturated heterocycles. The molecule has 1 aliphatic rings. The third-order valence-corrected chi connectivity index (χ3v) is 4.66. The van der Waals surface area contributed by atoms with E-state index >= 15 is 0 Å². The van der Waals surface area contributed by atoms with Gasteiger partial charge in [0.15, 0.2) is 0 Å². The maximum Gasteiger partial charge on any atom is 0.277 e. The highest BCUT2D eigenvalue weighted by Gasteiger charge is 2.39. The summed E-state index contributed by atoms with van der Waals surface area (Å²) in [5.41, 5.74) is 2.17. The van der Waals surface area contributed by atoms with Crippen molar-refractivity contribution in [3.8, 4) is 0 Å². The molecule has 2 aromatic carbocycles. The van der Waals surface area contributed by atoms with Crippen LogP contribution in [0.5, 0.6) is 0 Å². The first kappa shape index (κ1) is 17.5. The molecule has 4 nitrogen and oxygen atoms in total. The van der Waals surface area contributed by atoms with Crippen LogP contribution >= 0.6 is 23.2 Å². The lowest BCUT2D eigenvalue weighted by Gasteiger charge is -2.21. The molecule has 1 aliphatic heterocycles. The number of imide groups is 1. The van der Waals surface area contributed by atoms with Crippen LogP contribution in [0.1, 0.15) is 11.1 Å². The summed E-state index contributed by atoms with van der Waals surface area (Å²) in [7, 11) is 3.26. The van der Waals surface area contributed by atoms with Crippen molar-refractivity contribution in [1.29, 1.82) is 0 Å². The van der Waals surface area contributed by atoms with Crippen molar-refractivity contribution in [2.75, 3.05) is 14.1 Å². The quantitative estimate of drug-likeness (QED) is 0.763. The summed E-state index contributed by atoms with van der Waals surface area (Å²) in [4.78, 5) is 28.2. The van der Waals surface area contributed by atoms with Gasteiger partial charge in [0.1, 0.15) is 5.70 Å². The predicted molar refractivity (Wildman–Crippen MR) is 99.1 cm³/mol. The minimum atomic E-state index is -0.371. The predicted octanol–water partition coefficient (Wildman–Crippen LogP) is 3.84. The maximum atomic E-state index is 12.6. The lowest BCUT2D eigenvalue weighted by atomic mass is 10.0. The number of benzene rings is 2. The maximum absolute atomic E-state index is 12.6. The van der Waals surface area contributed by atoms with E-state index in [2.05, 4.69) is 0 Å². The normalized spacial score (nSPS) is 14.5. The number of likely N-dealkylation sites (N-methyl/N-ethyl adjacent to an activating group) is 2. The zero-order valence-electron chi connectivity index (χ0n) is 13.8. The molecular weight excluding hydrogens is 359 g/mol. The third kappa shape index (κ3) is 3.28. The van der Waals surface area contributed by atoms with Crippen LogP contribution in [-0.2, 0) is 16.1 Å². The van der Waals surface area contributed by atoms with Crippen LogP contribution < -0.4 is 0 Å². The molecule has 0 atom stereocenters. The molecule has 0 fully saturated rings. The largest absolute Gasteiger partial charge is 0.365 e. The molecule has 0 radical (unpaired) electrons. The van der Waals surface area contributed by atoms with Crippen LogP contribution in [0.4, 0.5) is 0 Å². The van der Waals surface area contributed by atoms with Crippen molar-refractivity contribution < 1.29 is 9.59 Å². The highest BCUT2D eigenvalue weighted by atomic mass is 35.5. The molecule has 6 heteroatoms. The zero-order valence-corrected chi connectivity index (χ0v) is 15.3. The summed E-state index contributed by atoms with van der Waals surface area (Å²) in [5.74, 6) is -0.714. The number of nitrogens with zero attached hydrogens (tertiary/aromatic N) is 2. The molecular formula is C19H16Cl2N2O2. The van der Waals surface area contributed by atoms with Gasteiger partial charge in [0.05, 0.1) is 10.6 Å². The molecule has 0 spiro atoms. The van der Waals surface area contributed by atoms with E-state index in [4.69, 9.17) is 23.2 Å². The molecule has 0 bridgehead atoms. The van der Waals surface area contributed by atoms with Gasteiger partial charge in [-0.2, -0.15) is 0 Å². The molecule has 128 valence electrons. The highest BCUT2D eigenvalue weighted by Crippen LogP contribution is 2.35. The number of amides is 2. The minimum absolute atomic E-state index is 0.299. The molecule has 2 aromatic rings. The summed E-state index contributed by atoms with van der Waals surface area (Å²) < 4.78 is 0. The Morgan fingerprint density at radius 3 is 2.32 bits per heavy atom. The van der Waals surface area contributed by atoms with E-state index < -0.39 is 0 Å². The minimum Gasteiger partial charge on any atom is -0.365 e. The van der Waals surface area contributed by atoms with Crippen molar-refractivity contribution in [3.63, 3.8) is 0 Å². The number of hydrogen-bond donors (Lipinski definition) is 0. The van der Waals surface area contributed by atoms with Gasteiger partial charge in [-0.1, -0.05) is 59.6 Å². The Morgan fingerprint density at radius 1 is 1.00 bits per heavy atom. The van der Waals surface area contributed by atoms with E-state index in [9.17, 15) is 9.59 Å². The monoisotopic (exact) mass is 374 g/mol. The summed E-state index contributed by atoms with van der Waals surface area (Å²) in [5, 5.41) is 0.809. The van der Waals surface area contributed by atoms with Crippen LogP contribution in [-0.4, -0.2) is 35.7 Å². The molecule has 0 unspecified atom stereocenters. The first-order valence-corrected chi connectivity index (χ1v) is 8.43. The Labute approximate surface area is 156 Å². The van der Waals surface area contributed by atoms with Crippen LogP contribution in [0.25, 0.3) is 5.57 Å². The topological polar surface area (TPSA) is 40.6 Å². The zero-order chi connectivity index (χ0) is 18.1. The molecule has 0 saturated carbocycles. The second kappa shape index (κ2) is 6.90. The molecule has 0 aliphatic carbocycles. The molecule has 3 rings (SSSR count). The smallest absolute Gasteiger partial charge is 0.277 e. The van der Waals surface area contributed by atoms with Gasteiger partial charge < -0.3 is 4.90 Å². The van der Waals surface area contributed by atoms with Gasteiger partial charge in [-0.25, -0.2) is 0 Å². The molecule has 0 N–H and O–H groups in total. The average Bonchev–Trinajstić information content (AvgIpc) is 2.80. The number of halogens is 2. The van der Waals surface area contributed by atoms with Crippen molar-refractivity contribution in [1.82, 2.24) is 9.80 Å². The summed E-state index contributed by atoms with van der Waals surface area (Å²) in [6, 6.07) is 14.6. The van der Waals surface area contributed by atoms with E-state index in [0.717, 1.165) is 10.5 Å². The van der Waals surface area contributed by atoms with Crippen LogP contribution in [0, 0.1) is 0 Å². The SMILES string of the molecule is CN(Cc1ccccc1)C1=C(c2ccc(Cl)cc2Cl)C(=O)N(C)C1=O. The molecule has 25 heavy (non-hydrogen) atoms. The van der Waals surface area contributed by atoms with E-state index in [-0.39, 0.29) is 11.8 Å². The van der Waals surface area contributed by atoms with E-state index in [1.165, 1.54) is 7.05 Å². The Bertz CT molecular complexity index is 878. The number of hydrogen-bond acceptors (Lipinski definition) is 3. The number of carbonyl (C=O) groups is 2.